The number of halogens is 1. The Bertz CT molecular complexity index is 1000. The molecule has 0 spiro atoms. The molecule has 3 aromatic rings. The number of hydrogen-bond acceptors (Lipinski definition) is 5. The lowest BCUT2D eigenvalue weighted by atomic mass is 10.1. The number of non-ortho nitro benzene ring substituents is 1. The molecule has 0 unspecified atom stereocenters. The van der Waals surface area contributed by atoms with Gasteiger partial charge in [0.05, 0.1) is 22.7 Å². The molecule has 0 fully saturated rings. The quantitative estimate of drug-likeness (QED) is 0.514. The van der Waals surface area contributed by atoms with Crippen LogP contribution in [0.2, 0.25) is 5.02 Å². The number of pyridine rings is 1. The minimum absolute atomic E-state index is 0.0319. The van der Waals surface area contributed by atoms with Crippen molar-refractivity contribution in [3.8, 4) is 0 Å². The Kier molecular flexibility index (Phi) is 5.63. The lowest BCUT2D eigenvalue weighted by molar-refractivity contribution is -0.384. The van der Waals surface area contributed by atoms with E-state index in [1.54, 1.807) is 18.1 Å². The highest BCUT2D eigenvalue weighted by molar-refractivity contribution is 6.31. The maximum absolute atomic E-state index is 12.4. The van der Waals surface area contributed by atoms with Crippen LogP contribution >= 0.6 is 11.6 Å². The second-order valence-electron chi connectivity index (χ2n) is 6.13. The van der Waals surface area contributed by atoms with Crippen molar-refractivity contribution in [2.75, 3.05) is 18.9 Å². The SMILES string of the molecule is CN(CC(=O)Nc1cccc2ncccc12)Cc1cc([N+](=O)[O-])ccc1Cl. The Labute approximate surface area is 160 Å². The van der Waals surface area contributed by atoms with Crippen LogP contribution in [-0.2, 0) is 11.3 Å². The van der Waals surface area contributed by atoms with Crippen LogP contribution in [0.1, 0.15) is 5.56 Å². The third-order valence-electron chi connectivity index (χ3n) is 4.01. The number of fused-ring (bicyclic) bond motifs is 1. The molecular formula is C19H17ClN4O3. The van der Waals surface area contributed by atoms with Gasteiger partial charge in [-0.25, -0.2) is 0 Å². The van der Waals surface area contributed by atoms with Gasteiger partial charge in [-0.3, -0.25) is 24.8 Å². The maximum atomic E-state index is 12.4. The van der Waals surface area contributed by atoms with Gasteiger partial charge >= 0.3 is 0 Å². The van der Waals surface area contributed by atoms with E-state index in [0.29, 0.717) is 22.8 Å². The van der Waals surface area contributed by atoms with Crippen molar-refractivity contribution in [2.45, 2.75) is 6.54 Å². The zero-order chi connectivity index (χ0) is 19.4. The lowest BCUT2D eigenvalue weighted by Crippen LogP contribution is -2.30. The molecule has 27 heavy (non-hydrogen) atoms. The van der Waals surface area contributed by atoms with Gasteiger partial charge in [0.25, 0.3) is 5.69 Å². The molecule has 0 aliphatic carbocycles. The van der Waals surface area contributed by atoms with Crippen LogP contribution in [0, 0.1) is 10.1 Å². The molecule has 0 radical (unpaired) electrons. The van der Waals surface area contributed by atoms with Gasteiger partial charge in [0.15, 0.2) is 0 Å². The molecular weight excluding hydrogens is 368 g/mol. The van der Waals surface area contributed by atoms with Gasteiger partial charge in [-0.15, -0.1) is 0 Å². The highest BCUT2D eigenvalue weighted by atomic mass is 35.5. The molecule has 138 valence electrons. The first kappa shape index (κ1) is 18.8. The fraction of sp³-hybridized carbons (Fsp3) is 0.158. The maximum Gasteiger partial charge on any atom is 0.269 e. The summed E-state index contributed by atoms with van der Waals surface area (Å²) in [7, 11) is 1.75. The van der Waals surface area contributed by atoms with Crippen molar-refractivity contribution in [1.29, 1.82) is 0 Å². The van der Waals surface area contributed by atoms with Gasteiger partial charge in [0.2, 0.25) is 5.91 Å². The van der Waals surface area contributed by atoms with Crippen molar-refractivity contribution in [1.82, 2.24) is 9.88 Å². The predicted octanol–water partition coefficient (Wildman–Crippen LogP) is 3.87. The van der Waals surface area contributed by atoms with Crippen LogP contribution in [0.3, 0.4) is 0 Å². The monoisotopic (exact) mass is 384 g/mol. The molecule has 1 N–H and O–H groups in total. The summed E-state index contributed by atoms with van der Waals surface area (Å²) in [5, 5.41) is 15.1. The fourth-order valence-corrected chi connectivity index (χ4v) is 2.97. The van der Waals surface area contributed by atoms with Crippen LogP contribution in [0.25, 0.3) is 10.9 Å². The van der Waals surface area contributed by atoms with Crippen molar-refractivity contribution < 1.29 is 9.72 Å². The first-order chi connectivity index (χ1) is 12.9. The van der Waals surface area contributed by atoms with E-state index in [1.165, 1.54) is 18.2 Å². The minimum atomic E-state index is -0.471. The van der Waals surface area contributed by atoms with E-state index >= 15 is 0 Å². The molecule has 0 saturated heterocycles. The number of rotatable bonds is 6. The molecule has 2 aromatic carbocycles. The number of benzene rings is 2. The summed E-state index contributed by atoms with van der Waals surface area (Å²) in [6.07, 6.45) is 1.70. The van der Waals surface area contributed by atoms with Crippen molar-refractivity contribution in [3.05, 3.63) is 75.4 Å². The fourth-order valence-electron chi connectivity index (χ4n) is 2.79. The van der Waals surface area contributed by atoms with Gasteiger partial charge in [-0.1, -0.05) is 17.7 Å². The average Bonchev–Trinajstić information content (AvgIpc) is 2.63. The van der Waals surface area contributed by atoms with Crippen LogP contribution in [0.15, 0.2) is 54.7 Å². The van der Waals surface area contributed by atoms with E-state index in [4.69, 9.17) is 11.6 Å². The summed E-state index contributed by atoms with van der Waals surface area (Å²) >= 11 is 6.12. The number of carbonyl (C=O) groups excluding carboxylic acids is 1. The normalized spacial score (nSPS) is 10.9. The standard InChI is InChI=1S/C19H17ClN4O3/c1-23(11-13-10-14(24(26)27)7-8-16(13)20)12-19(25)22-18-6-2-5-17-15(18)4-3-9-21-17/h2-10H,11-12H2,1H3,(H,22,25). The Balaban J connectivity index is 1.67. The summed E-state index contributed by atoms with van der Waals surface area (Å²) in [5.74, 6) is -0.199. The molecule has 8 heteroatoms. The summed E-state index contributed by atoms with van der Waals surface area (Å²) < 4.78 is 0. The van der Waals surface area contributed by atoms with Crippen LogP contribution in [-0.4, -0.2) is 34.3 Å². The smallest absolute Gasteiger partial charge is 0.269 e. The highest BCUT2D eigenvalue weighted by Gasteiger charge is 2.14. The van der Waals surface area contributed by atoms with Crippen LogP contribution in [0.4, 0.5) is 11.4 Å². The van der Waals surface area contributed by atoms with Gasteiger partial charge in [0, 0.05) is 35.3 Å². The molecule has 1 heterocycles. The minimum Gasteiger partial charge on any atom is -0.324 e. The highest BCUT2D eigenvalue weighted by Crippen LogP contribution is 2.24. The zero-order valence-electron chi connectivity index (χ0n) is 14.6. The first-order valence-electron chi connectivity index (χ1n) is 8.19. The largest absolute Gasteiger partial charge is 0.324 e. The second-order valence-corrected chi connectivity index (χ2v) is 6.54. The van der Waals surface area contributed by atoms with E-state index in [2.05, 4.69) is 10.3 Å². The van der Waals surface area contributed by atoms with Gasteiger partial charge in [0.1, 0.15) is 0 Å². The van der Waals surface area contributed by atoms with E-state index in [1.807, 2.05) is 30.3 Å². The first-order valence-corrected chi connectivity index (χ1v) is 8.57. The molecule has 1 aromatic heterocycles. The third-order valence-corrected chi connectivity index (χ3v) is 4.38. The van der Waals surface area contributed by atoms with Gasteiger partial charge in [-0.05, 0) is 42.9 Å². The Hall–Kier alpha value is -3.03. The lowest BCUT2D eigenvalue weighted by Gasteiger charge is -2.17. The number of nitro benzene ring substituents is 1. The van der Waals surface area contributed by atoms with Crippen molar-refractivity contribution in [3.63, 3.8) is 0 Å². The summed E-state index contributed by atoms with van der Waals surface area (Å²) in [6.45, 7) is 0.417. The predicted molar refractivity (Wildman–Crippen MR) is 105 cm³/mol. The number of nitrogens with zero attached hydrogens (tertiary/aromatic N) is 3. The number of amides is 1. The topological polar surface area (TPSA) is 88.4 Å². The number of nitrogens with one attached hydrogen (secondary N) is 1. The van der Waals surface area contributed by atoms with E-state index in [9.17, 15) is 14.9 Å². The Morgan fingerprint density at radius 1 is 1.26 bits per heavy atom. The summed E-state index contributed by atoms with van der Waals surface area (Å²) in [4.78, 5) is 28.9. The molecule has 0 saturated carbocycles. The van der Waals surface area contributed by atoms with Gasteiger partial charge < -0.3 is 5.32 Å². The Morgan fingerprint density at radius 2 is 2.07 bits per heavy atom. The number of carbonyl (C=O) groups is 1. The van der Waals surface area contributed by atoms with Crippen molar-refractivity contribution in [2.24, 2.45) is 0 Å². The molecule has 3 rings (SSSR count). The number of likely N-dealkylation sites (N-methyl/N-ethyl adjacent to an activating group) is 1. The molecule has 1 amide bonds. The molecule has 0 atom stereocenters. The summed E-state index contributed by atoms with van der Waals surface area (Å²) in [5.41, 5.74) is 2.05. The molecule has 0 aliphatic rings. The zero-order valence-corrected chi connectivity index (χ0v) is 15.3. The summed E-state index contributed by atoms with van der Waals surface area (Å²) in [6, 6.07) is 13.5. The molecule has 0 bridgehead atoms. The third kappa shape index (κ3) is 4.58. The molecule has 0 aliphatic heterocycles. The number of aromatic nitrogens is 1. The van der Waals surface area contributed by atoms with Crippen molar-refractivity contribution >= 4 is 39.8 Å². The van der Waals surface area contributed by atoms with Crippen LogP contribution in [0.5, 0.6) is 0 Å². The molecule has 7 nitrogen and oxygen atoms in total. The number of hydrogen-bond donors (Lipinski definition) is 1. The average molecular weight is 385 g/mol. The van der Waals surface area contributed by atoms with E-state index < -0.39 is 4.92 Å². The van der Waals surface area contributed by atoms with Gasteiger partial charge in [-0.2, -0.15) is 0 Å². The van der Waals surface area contributed by atoms with Crippen LogP contribution < -0.4 is 5.32 Å². The number of nitro groups is 1. The second kappa shape index (κ2) is 8.11. The Morgan fingerprint density at radius 3 is 2.85 bits per heavy atom. The van der Waals surface area contributed by atoms with E-state index in [0.717, 1.165) is 10.9 Å². The van der Waals surface area contributed by atoms with E-state index in [-0.39, 0.29) is 18.1 Å². The number of anilines is 1.